The van der Waals surface area contributed by atoms with Crippen molar-refractivity contribution in [3.63, 3.8) is 0 Å². The molecular weight excluding hydrogens is 334 g/mol. The van der Waals surface area contributed by atoms with E-state index in [-0.39, 0.29) is 11.7 Å². The van der Waals surface area contributed by atoms with Gasteiger partial charge in [-0.25, -0.2) is 4.79 Å². The lowest BCUT2D eigenvalue weighted by molar-refractivity contribution is -0.142. The standard InChI is InChI=1S/C17H18ClNO5/c1-9-11-5-2-6-12(18)15(11)24-14(9)16(20)19-13(17(21)22)10-4-3-7-23-8-10/h2,5-6,10,13H,3-4,7-8H2,1H3,(H,19,20)(H,21,22). The van der Waals surface area contributed by atoms with Gasteiger partial charge < -0.3 is 19.6 Å². The predicted octanol–water partition coefficient (Wildman–Crippen LogP) is 3.00. The van der Waals surface area contributed by atoms with Crippen molar-refractivity contribution < 1.29 is 23.8 Å². The minimum atomic E-state index is -1.08. The SMILES string of the molecule is Cc1c(C(=O)NC(C(=O)O)C2CCCOC2)oc2c(Cl)cccc12. The van der Waals surface area contributed by atoms with Gasteiger partial charge in [0.15, 0.2) is 11.3 Å². The number of fused-ring (bicyclic) bond motifs is 1. The summed E-state index contributed by atoms with van der Waals surface area (Å²) < 4.78 is 10.9. The van der Waals surface area contributed by atoms with Crippen LogP contribution in [0.2, 0.25) is 5.02 Å². The number of furan rings is 1. The van der Waals surface area contributed by atoms with Crippen molar-refractivity contribution in [2.24, 2.45) is 5.92 Å². The molecule has 128 valence electrons. The van der Waals surface area contributed by atoms with Crippen molar-refractivity contribution in [3.05, 3.63) is 34.5 Å². The van der Waals surface area contributed by atoms with Gasteiger partial charge in [0.05, 0.1) is 11.6 Å². The van der Waals surface area contributed by atoms with E-state index in [9.17, 15) is 14.7 Å². The molecule has 0 bridgehead atoms. The smallest absolute Gasteiger partial charge is 0.326 e. The summed E-state index contributed by atoms with van der Waals surface area (Å²) in [5.41, 5.74) is 1.06. The number of aliphatic carboxylic acids is 1. The zero-order valence-electron chi connectivity index (χ0n) is 13.2. The van der Waals surface area contributed by atoms with E-state index in [0.29, 0.717) is 35.8 Å². The Labute approximate surface area is 143 Å². The second-order valence-electron chi connectivity index (χ2n) is 5.94. The van der Waals surface area contributed by atoms with E-state index in [4.69, 9.17) is 20.8 Å². The number of rotatable bonds is 4. The first-order valence-electron chi connectivity index (χ1n) is 7.78. The molecule has 7 heteroatoms. The topological polar surface area (TPSA) is 88.8 Å². The van der Waals surface area contributed by atoms with Crippen LogP contribution in [0.1, 0.15) is 29.0 Å². The van der Waals surface area contributed by atoms with Gasteiger partial charge in [-0.3, -0.25) is 4.79 Å². The van der Waals surface area contributed by atoms with Gasteiger partial charge >= 0.3 is 5.97 Å². The molecule has 1 aliphatic heterocycles. The normalized spacial score (nSPS) is 19.2. The fourth-order valence-electron chi connectivity index (χ4n) is 3.04. The van der Waals surface area contributed by atoms with Crippen molar-refractivity contribution in [3.8, 4) is 0 Å². The number of para-hydroxylation sites is 1. The molecular formula is C17H18ClNO5. The fraction of sp³-hybridized carbons (Fsp3) is 0.412. The third-order valence-corrected chi connectivity index (χ3v) is 4.64. The molecule has 2 heterocycles. The maximum Gasteiger partial charge on any atom is 0.326 e. The number of carbonyl (C=O) groups excluding carboxylic acids is 1. The first-order chi connectivity index (χ1) is 11.5. The lowest BCUT2D eigenvalue weighted by atomic mass is 9.93. The van der Waals surface area contributed by atoms with Gasteiger partial charge in [-0.15, -0.1) is 0 Å². The number of halogens is 1. The van der Waals surface area contributed by atoms with Gasteiger partial charge in [-0.05, 0) is 25.8 Å². The number of ether oxygens (including phenoxy) is 1. The summed E-state index contributed by atoms with van der Waals surface area (Å²) in [6.07, 6.45) is 1.48. The highest BCUT2D eigenvalue weighted by Gasteiger charge is 2.33. The number of hydrogen-bond donors (Lipinski definition) is 2. The average molecular weight is 352 g/mol. The van der Waals surface area contributed by atoms with E-state index >= 15 is 0 Å². The van der Waals surface area contributed by atoms with Crippen LogP contribution >= 0.6 is 11.6 Å². The number of hydrogen-bond acceptors (Lipinski definition) is 4. The summed E-state index contributed by atoms with van der Waals surface area (Å²) in [5, 5.41) is 13.2. The van der Waals surface area contributed by atoms with Gasteiger partial charge in [0.25, 0.3) is 5.91 Å². The summed E-state index contributed by atoms with van der Waals surface area (Å²) in [7, 11) is 0. The molecule has 0 aliphatic carbocycles. The number of amides is 1. The molecule has 1 amide bonds. The number of carboxylic acid groups (broad SMARTS) is 1. The average Bonchev–Trinajstić information content (AvgIpc) is 2.92. The number of benzene rings is 1. The molecule has 2 aromatic rings. The van der Waals surface area contributed by atoms with Gasteiger partial charge in [0.1, 0.15) is 6.04 Å². The summed E-state index contributed by atoms with van der Waals surface area (Å²) in [4.78, 5) is 24.1. The molecule has 1 saturated heterocycles. The van der Waals surface area contributed by atoms with Crippen molar-refractivity contribution in [1.82, 2.24) is 5.32 Å². The van der Waals surface area contributed by atoms with E-state index < -0.39 is 17.9 Å². The van der Waals surface area contributed by atoms with Crippen molar-refractivity contribution >= 4 is 34.4 Å². The van der Waals surface area contributed by atoms with Crippen LogP contribution in [0.15, 0.2) is 22.6 Å². The number of carbonyl (C=O) groups is 2. The maximum absolute atomic E-state index is 12.6. The number of nitrogens with one attached hydrogen (secondary N) is 1. The monoisotopic (exact) mass is 351 g/mol. The van der Waals surface area contributed by atoms with Crippen molar-refractivity contribution in [2.45, 2.75) is 25.8 Å². The fourth-order valence-corrected chi connectivity index (χ4v) is 3.26. The van der Waals surface area contributed by atoms with Gasteiger partial charge in [0.2, 0.25) is 0 Å². The lowest BCUT2D eigenvalue weighted by Gasteiger charge is -2.27. The molecule has 2 unspecified atom stereocenters. The Bertz CT molecular complexity index is 779. The highest BCUT2D eigenvalue weighted by molar-refractivity contribution is 6.35. The molecule has 0 saturated carbocycles. The van der Waals surface area contributed by atoms with Gasteiger partial charge in [-0.2, -0.15) is 0 Å². The Morgan fingerprint density at radius 3 is 2.83 bits per heavy atom. The molecule has 6 nitrogen and oxygen atoms in total. The third-order valence-electron chi connectivity index (χ3n) is 4.34. The molecule has 1 aliphatic rings. The van der Waals surface area contributed by atoms with Crippen LogP contribution in [0.5, 0.6) is 0 Å². The maximum atomic E-state index is 12.6. The second-order valence-corrected chi connectivity index (χ2v) is 6.35. The van der Waals surface area contributed by atoms with Gasteiger partial charge in [-0.1, -0.05) is 23.7 Å². The van der Waals surface area contributed by atoms with E-state index in [0.717, 1.165) is 11.8 Å². The van der Waals surface area contributed by atoms with Crippen LogP contribution in [0.4, 0.5) is 0 Å². The van der Waals surface area contributed by atoms with Gasteiger partial charge in [0, 0.05) is 23.5 Å². The Morgan fingerprint density at radius 1 is 1.42 bits per heavy atom. The molecule has 24 heavy (non-hydrogen) atoms. The molecule has 3 rings (SSSR count). The molecule has 1 aromatic carbocycles. The quantitative estimate of drug-likeness (QED) is 0.883. The molecule has 1 aromatic heterocycles. The van der Waals surface area contributed by atoms with Crippen molar-refractivity contribution in [1.29, 1.82) is 0 Å². The van der Waals surface area contributed by atoms with Crippen LogP contribution in [-0.4, -0.2) is 36.2 Å². The first kappa shape index (κ1) is 16.8. The van der Waals surface area contributed by atoms with E-state index in [1.807, 2.05) is 0 Å². The summed E-state index contributed by atoms with van der Waals surface area (Å²) in [5.74, 6) is -1.81. The van der Waals surface area contributed by atoms with E-state index in [1.165, 1.54) is 0 Å². The number of aryl methyl sites for hydroxylation is 1. The van der Waals surface area contributed by atoms with Crippen LogP contribution in [0.3, 0.4) is 0 Å². The minimum Gasteiger partial charge on any atom is -0.480 e. The van der Waals surface area contributed by atoms with Crippen LogP contribution in [-0.2, 0) is 9.53 Å². The Kier molecular flexibility index (Phi) is 4.78. The van der Waals surface area contributed by atoms with Crippen molar-refractivity contribution in [2.75, 3.05) is 13.2 Å². The molecule has 2 N–H and O–H groups in total. The van der Waals surface area contributed by atoms with E-state index in [1.54, 1.807) is 25.1 Å². The third kappa shape index (κ3) is 3.12. The minimum absolute atomic E-state index is 0.0843. The Hall–Kier alpha value is -2.05. The molecule has 1 fully saturated rings. The Balaban J connectivity index is 1.86. The zero-order valence-corrected chi connectivity index (χ0v) is 13.9. The summed E-state index contributed by atoms with van der Waals surface area (Å²) in [6, 6.07) is 4.24. The summed E-state index contributed by atoms with van der Waals surface area (Å²) in [6.45, 7) is 2.69. The molecule has 0 spiro atoms. The molecule has 2 atom stereocenters. The van der Waals surface area contributed by atoms with Crippen LogP contribution in [0.25, 0.3) is 11.0 Å². The van der Waals surface area contributed by atoms with Crippen LogP contribution < -0.4 is 5.32 Å². The molecule has 0 radical (unpaired) electrons. The number of carboxylic acids is 1. The van der Waals surface area contributed by atoms with E-state index in [2.05, 4.69) is 5.32 Å². The summed E-state index contributed by atoms with van der Waals surface area (Å²) >= 11 is 6.09. The van der Waals surface area contributed by atoms with Crippen LogP contribution in [0, 0.1) is 12.8 Å². The highest BCUT2D eigenvalue weighted by atomic mass is 35.5. The zero-order chi connectivity index (χ0) is 17.3. The lowest BCUT2D eigenvalue weighted by Crippen LogP contribution is -2.48. The Morgan fingerprint density at radius 2 is 2.21 bits per heavy atom. The second kappa shape index (κ2) is 6.83. The highest BCUT2D eigenvalue weighted by Crippen LogP contribution is 2.30. The first-order valence-corrected chi connectivity index (χ1v) is 8.16. The predicted molar refractivity (Wildman–Crippen MR) is 88.4 cm³/mol. The largest absolute Gasteiger partial charge is 0.480 e.